The quantitative estimate of drug-likeness (QED) is 0.799. The van der Waals surface area contributed by atoms with Gasteiger partial charge < -0.3 is 10.1 Å². The van der Waals surface area contributed by atoms with Gasteiger partial charge in [0.1, 0.15) is 5.75 Å². The molecule has 4 heteroatoms. The van der Waals surface area contributed by atoms with Gasteiger partial charge in [-0.1, -0.05) is 48.3 Å². The van der Waals surface area contributed by atoms with Crippen LogP contribution in [0.5, 0.6) is 5.75 Å². The largest absolute Gasteiger partial charge is 0.497 e. The summed E-state index contributed by atoms with van der Waals surface area (Å²) < 4.78 is 5.21. The van der Waals surface area contributed by atoms with Crippen molar-refractivity contribution in [2.45, 2.75) is 19.4 Å². The Morgan fingerprint density at radius 3 is 2.24 bits per heavy atom. The van der Waals surface area contributed by atoms with Crippen LogP contribution in [0.25, 0.3) is 0 Å². The summed E-state index contributed by atoms with van der Waals surface area (Å²) in [7, 11) is 1.67. The van der Waals surface area contributed by atoms with Crippen LogP contribution in [0.2, 0.25) is 10.0 Å². The van der Waals surface area contributed by atoms with Crippen LogP contribution in [0.3, 0.4) is 0 Å². The Hall–Kier alpha value is -1.22. The molecule has 0 saturated heterocycles. The maximum absolute atomic E-state index is 6.15. The molecule has 1 atom stereocenters. The molecule has 0 bridgehead atoms. The topological polar surface area (TPSA) is 21.3 Å². The van der Waals surface area contributed by atoms with Crippen molar-refractivity contribution in [3.8, 4) is 5.75 Å². The lowest BCUT2D eigenvalue weighted by atomic mass is 9.98. The molecule has 0 heterocycles. The summed E-state index contributed by atoms with van der Waals surface area (Å²) in [6.45, 7) is 3.07. The van der Waals surface area contributed by atoms with Gasteiger partial charge in [-0.3, -0.25) is 0 Å². The molecular weight excluding hydrogens is 305 g/mol. The molecule has 1 N–H and O–H groups in total. The van der Waals surface area contributed by atoms with Crippen LogP contribution in [-0.2, 0) is 0 Å². The van der Waals surface area contributed by atoms with E-state index in [-0.39, 0.29) is 6.04 Å². The Morgan fingerprint density at radius 1 is 1.00 bits per heavy atom. The smallest absolute Gasteiger partial charge is 0.118 e. The molecule has 2 aromatic carbocycles. The summed E-state index contributed by atoms with van der Waals surface area (Å²) in [5, 5.41) is 4.69. The first-order valence-corrected chi connectivity index (χ1v) is 7.73. The number of ether oxygens (including phenoxy) is 1. The third kappa shape index (κ3) is 4.13. The van der Waals surface area contributed by atoms with E-state index in [1.54, 1.807) is 7.11 Å². The molecule has 0 spiro atoms. The van der Waals surface area contributed by atoms with Crippen LogP contribution >= 0.6 is 23.2 Å². The van der Waals surface area contributed by atoms with E-state index in [0.717, 1.165) is 24.3 Å². The van der Waals surface area contributed by atoms with Crippen molar-refractivity contribution in [2.24, 2.45) is 0 Å². The third-order valence-electron chi connectivity index (χ3n) is 3.32. The lowest BCUT2D eigenvalue weighted by molar-refractivity contribution is 0.414. The molecule has 0 saturated carbocycles. The van der Waals surface area contributed by atoms with E-state index in [1.165, 1.54) is 5.56 Å². The van der Waals surface area contributed by atoms with Gasteiger partial charge in [-0.05, 0) is 48.4 Å². The molecule has 112 valence electrons. The average molecular weight is 324 g/mol. The van der Waals surface area contributed by atoms with Gasteiger partial charge in [0.2, 0.25) is 0 Å². The first kappa shape index (κ1) is 16.2. The van der Waals surface area contributed by atoms with Gasteiger partial charge in [0, 0.05) is 0 Å². The Balaban J connectivity index is 2.33. The fourth-order valence-corrected chi connectivity index (χ4v) is 2.51. The van der Waals surface area contributed by atoms with E-state index in [1.807, 2.05) is 30.3 Å². The minimum absolute atomic E-state index is 0.0885. The highest BCUT2D eigenvalue weighted by molar-refractivity contribution is 6.42. The molecule has 0 aromatic heterocycles. The number of hydrogen-bond donors (Lipinski definition) is 1. The van der Waals surface area contributed by atoms with Gasteiger partial charge >= 0.3 is 0 Å². The summed E-state index contributed by atoms with van der Waals surface area (Å²) in [4.78, 5) is 0. The van der Waals surface area contributed by atoms with Gasteiger partial charge in [0.25, 0.3) is 0 Å². The predicted molar refractivity (Wildman–Crippen MR) is 89.6 cm³/mol. The normalized spacial score (nSPS) is 12.2. The maximum atomic E-state index is 6.15. The van der Waals surface area contributed by atoms with Crippen molar-refractivity contribution in [1.82, 2.24) is 5.32 Å². The van der Waals surface area contributed by atoms with E-state index < -0.39 is 0 Å². The summed E-state index contributed by atoms with van der Waals surface area (Å²) in [6, 6.07) is 13.9. The summed E-state index contributed by atoms with van der Waals surface area (Å²) in [5.74, 6) is 0.849. The molecule has 0 aliphatic rings. The van der Waals surface area contributed by atoms with E-state index in [2.05, 4.69) is 24.4 Å². The molecule has 2 aromatic rings. The average Bonchev–Trinajstić information content (AvgIpc) is 2.51. The van der Waals surface area contributed by atoms with Gasteiger partial charge in [-0.25, -0.2) is 0 Å². The maximum Gasteiger partial charge on any atom is 0.118 e. The monoisotopic (exact) mass is 323 g/mol. The van der Waals surface area contributed by atoms with E-state index in [4.69, 9.17) is 27.9 Å². The molecule has 0 aliphatic heterocycles. The Kier molecular flexibility index (Phi) is 5.92. The van der Waals surface area contributed by atoms with Crippen molar-refractivity contribution in [3.63, 3.8) is 0 Å². The fraction of sp³-hybridized carbons (Fsp3) is 0.294. The lowest BCUT2D eigenvalue weighted by Gasteiger charge is -2.20. The Morgan fingerprint density at radius 2 is 1.67 bits per heavy atom. The van der Waals surface area contributed by atoms with Gasteiger partial charge in [0.15, 0.2) is 0 Å². The highest BCUT2D eigenvalue weighted by Gasteiger charge is 2.14. The molecule has 2 nitrogen and oxygen atoms in total. The summed E-state index contributed by atoms with van der Waals surface area (Å²) >= 11 is 12.2. The van der Waals surface area contributed by atoms with Gasteiger partial charge in [-0.2, -0.15) is 0 Å². The zero-order valence-corrected chi connectivity index (χ0v) is 13.7. The standard InChI is InChI=1S/C17H19Cl2NO/c1-3-10-20-17(12-4-7-14(21-2)8-5-12)13-6-9-15(18)16(19)11-13/h4-9,11,17,20H,3,10H2,1-2H3. The van der Waals surface area contributed by atoms with Crippen LogP contribution in [0.1, 0.15) is 30.5 Å². The van der Waals surface area contributed by atoms with E-state index in [0.29, 0.717) is 10.0 Å². The van der Waals surface area contributed by atoms with E-state index in [9.17, 15) is 0 Å². The first-order chi connectivity index (χ1) is 10.2. The molecule has 1 unspecified atom stereocenters. The molecule has 21 heavy (non-hydrogen) atoms. The van der Waals surface area contributed by atoms with Gasteiger partial charge in [0.05, 0.1) is 23.2 Å². The van der Waals surface area contributed by atoms with Crippen molar-refractivity contribution >= 4 is 23.2 Å². The van der Waals surface area contributed by atoms with E-state index >= 15 is 0 Å². The van der Waals surface area contributed by atoms with Crippen molar-refractivity contribution in [3.05, 3.63) is 63.6 Å². The number of halogens is 2. The van der Waals surface area contributed by atoms with Crippen LogP contribution in [0.15, 0.2) is 42.5 Å². The van der Waals surface area contributed by atoms with Crippen molar-refractivity contribution < 1.29 is 4.74 Å². The minimum atomic E-state index is 0.0885. The highest BCUT2D eigenvalue weighted by atomic mass is 35.5. The Bertz CT molecular complexity index is 584. The molecule has 2 rings (SSSR count). The SMILES string of the molecule is CCCNC(c1ccc(OC)cc1)c1ccc(Cl)c(Cl)c1. The second kappa shape index (κ2) is 7.69. The molecule has 0 fully saturated rings. The molecule has 0 amide bonds. The van der Waals surface area contributed by atoms with Crippen LogP contribution < -0.4 is 10.1 Å². The van der Waals surface area contributed by atoms with Crippen molar-refractivity contribution in [2.75, 3.05) is 13.7 Å². The summed E-state index contributed by atoms with van der Waals surface area (Å²) in [5.41, 5.74) is 2.27. The molecule has 0 radical (unpaired) electrons. The third-order valence-corrected chi connectivity index (χ3v) is 4.06. The fourth-order valence-electron chi connectivity index (χ4n) is 2.21. The zero-order chi connectivity index (χ0) is 15.2. The van der Waals surface area contributed by atoms with Crippen LogP contribution in [-0.4, -0.2) is 13.7 Å². The Labute approximate surface area is 136 Å². The highest BCUT2D eigenvalue weighted by Crippen LogP contribution is 2.29. The molecule has 0 aliphatic carbocycles. The van der Waals surface area contributed by atoms with Crippen LogP contribution in [0, 0.1) is 0 Å². The number of methoxy groups -OCH3 is 1. The number of rotatable bonds is 6. The lowest BCUT2D eigenvalue weighted by Crippen LogP contribution is -2.23. The summed E-state index contributed by atoms with van der Waals surface area (Å²) in [6.07, 6.45) is 1.06. The second-order valence-corrected chi connectivity index (χ2v) is 5.65. The van der Waals surface area contributed by atoms with Crippen molar-refractivity contribution in [1.29, 1.82) is 0 Å². The zero-order valence-electron chi connectivity index (χ0n) is 12.2. The number of nitrogens with one attached hydrogen (secondary N) is 1. The number of benzene rings is 2. The number of hydrogen-bond acceptors (Lipinski definition) is 2. The van der Waals surface area contributed by atoms with Crippen LogP contribution in [0.4, 0.5) is 0 Å². The minimum Gasteiger partial charge on any atom is -0.497 e. The molecular formula is C17H19Cl2NO. The first-order valence-electron chi connectivity index (χ1n) is 6.98. The predicted octanol–water partition coefficient (Wildman–Crippen LogP) is 5.09. The second-order valence-electron chi connectivity index (χ2n) is 4.83. The van der Waals surface area contributed by atoms with Gasteiger partial charge in [-0.15, -0.1) is 0 Å².